The molecule has 5 heteroatoms. The maximum Gasteiger partial charge on any atom is 0.257 e. The molecular formula is C17H16N4O. The fourth-order valence-electron chi connectivity index (χ4n) is 2.08. The Morgan fingerprint density at radius 2 is 2.00 bits per heavy atom. The van der Waals surface area contributed by atoms with Gasteiger partial charge in [-0.05, 0) is 55.3 Å². The quantitative estimate of drug-likeness (QED) is 0.806. The first-order chi connectivity index (χ1) is 10.6. The van der Waals surface area contributed by atoms with E-state index in [1.54, 1.807) is 35.4 Å². The summed E-state index contributed by atoms with van der Waals surface area (Å²) < 4.78 is 1.64. The van der Waals surface area contributed by atoms with Crippen molar-refractivity contribution in [3.63, 3.8) is 0 Å². The second-order valence-electron chi connectivity index (χ2n) is 5.11. The van der Waals surface area contributed by atoms with Gasteiger partial charge in [-0.15, -0.1) is 0 Å². The molecule has 5 nitrogen and oxygen atoms in total. The third-order valence-electron chi connectivity index (χ3n) is 3.51. The van der Waals surface area contributed by atoms with Crippen molar-refractivity contribution < 1.29 is 4.79 Å². The number of amides is 1. The minimum atomic E-state index is -0.178. The largest absolute Gasteiger partial charge is 0.322 e. The Bertz CT molecular complexity index is 792. The van der Waals surface area contributed by atoms with E-state index in [-0.39, 0.29) is 5.91 Å². The summed E-state index contributed by atoms with van der Waals surface area (Å²) in [5.41, 5.74) is 3.63. The van der Waals surface area contributed by atoms with Gasteiger partial charge in [0, 0.05) is 24.3 Å². The molecular weight excluding hydrogens is 276 g/mol. The van der Waals surface area contributed by atoms with E-state index < -0.39 is 0 Å². The molecule has 0 aliphatic carbocycles. The van der Waals surface area contributed by atoms with E-state index in [1.807, 2.05) is 38.1 Å². The summed E-state index contributed by atoms with van der Waals surface area (Å²) in [6.07, 6.45) is 5.03. The molecule has 0 saturated carbocycles. The van der Waals surface area contributed by atoms with E-state index in [4.69, 9.17) is 0 Å². The standard InChI is InChI=1S/C17H16N4O/c1-12-4-6-15(10-13(12)2)20-17(22)14-5-7-16(18-11-14)21-9-3-8-19-21/h3-11H,1-2H3,(H,20,22). The summed E-state index contributed by atoms with van der Waals surface area (Å²) in [7, 11) is 0. The fraction of sp³-hybridized carbons (Fsp3) is 0.118. The van der Waals surface area contributed by atoms with Crippen molar-refractivity contribution in [3.8, 4) is 5.82 Å². The molecule has 1 aromatic carbocycles. The van der Waals surface area contributed by atoms with Gasteiger partial charge in [0.1, 0.15) is 0 Å². The Kier molecular flexibility index (Phi) is 3.70. The fourth-order valence-corrected chi connectivity index (χ4v) is 2.08. The lowest BCUT2D eigenvalue weighted by molar-refractivity contribution is 0.102. The Balaban J connectivity index is 1.76. The molecule has 0 bridgehead atoms. The molecule has 2 aromatic heterocycles. The van der Waals surface area contributed by atoms with Crippen molar-refractivity contribution in [2.45, 2.75) is 13.8 Å². The van der Waals surface area contributed by atoms with Crippen LogP contribution in [-0.2, 0) is 0 Å². The van der Waals surface area contributed by atoms with Crippen LogP contribution in [0, 0.1) is 13.8 Å². The first-order valence-corrected chi connectivity index (χ1v) is 6.98. The van der Waals surface area contributed by atoms with Crippen LogP contribution in [0.15, 0.2) is 55.0 Å². The van der Waals surface area contributed by atoms with Gasteiger partial charge in [0.2, 0.25) is 0 Å². The highest BCUT2D eigenvalue weighted by Gasteiger charge is 2.08. The molecule has 1 N–H and O–H groups in total. The number of nitrogens with zero attached hydrogens (tertiary/aromatic N) is 3. The zero-order valence-electron chi connectivity index (χ0n) is 12.4. The summed E-state index contributed by atoms with van der Waals surface area (Å²) in [4.78, 5) is 16.5. The van der Waals surface area contributed by atoms with Gasteiger partial charge in [-0.3, -0.25) is 4.79 Å². The number of aromatic nitrogens is 3. The van der Waals surface area contributed by atoms with Gasteiger partial charge in [0.05, 0.1) is 5.56 Å². The molecule has 0 fully saturated rings. The van der Waals surface area contributed by atoms with E-state index in [2.05, 4.69) is 15.4 Å². The number of anilines is 1. The zero-order chi connectivity index (χ0) is 15.5. The lowest BCUT2D eigenvalue weighted by atomic mass is 10.1. The highest BCUT2D eigenvalue weighted by molar-refractivity contribution is 6.04. The monoisotopic (exact) mass is 292 g/mol. The second kappa shape index (κ2) is 5.81. The van der Waals surface area contributed by atoms with Crippen molar-refractivity contribution in [2.75, 3.05) is 5.32 Å². The Morgan fingerprint density at radius 1 is 1.14 bits per heavy atom. The Labute approximate surface area is 128 Å². The molecule has 0 spiro atoms. The van der Waals surface area contributed by atoms with Gasteiger partial charge < -0.3 is 5.32 Å². The topological polar surface area (TPSA) is 59.8 Å². The third kappa shape index (κ3) is 2.88. The van der Waals surface area contributed by atoms with Crippen molar-refractivity contribution in [1.29, 1.82) is 0 Å². The van der Waals surface area contributed by atoms with Crippen LogP contribution in [0.3, 0.4) is 0 Å². The number of benzene rings is 1. The summed E-state index contributed by atoms with van der Waals surface area (Å²) in [5.74, 6) is 0.496. The molecule has 0 aliphatic rings. The van der Waals surface area contributed by atoms with Crippen molar-refractivity contribution in [3.05, 3.63) is 71.7 Å². The van der Waals surface area contributed by atoms with Gasteiger partial charge in [0.25, 0.3) is 5.91 Å². The predicted molar refractivity (Wildman–Crippen MR) is 85.2 cm³/mol. The normalized spacial score (nSPS) is 10.5. The van der Waals surface area contributed by atoms with E-state index in [1.165, 1.54) is 5.56 Å². The number of hydrogen-bond donors (Lipinski definition) is 1. The first-order valence-electron chi connectivity index (χ1n) is 6.98. The summed E-state index contributed by atoms with van der Waals surface area (Å²) in [6.45, 7) is 4.06. The Hall–Kier alpha value is -2.95. The minimum Gasteiger partial charge on any atom is -0.322 e. The molecule has 0 unspecified atom stereocenters. The van der Waals surface area contributed by atoms with Crippen molar-refractivity contribution >= 4 is 11.6 Å². The van der Waals surface area contributed by atoms with Crippen LogP contribution in [0.4, 0.5) is 5.69 Å². The van der Waals surface area contributed by atoms with Crippen LogP contribution in [0.2, 0.25) is 0 Å². The molecule has 22 heavy (non-hydrogen) atoms. The number of rotatable bonds is 3. The number of carbonyl (C=O) groups is 1. The average molecular weight is 292 g/mol. The molecule has 3 aromatic rings. The van der Waals surface area contributed by atoms with Gasteiger partial charge in [-0.25, -0.2) is 9.67 Å². The summed E-state index contributed by atoms with van der Waals surface area (Å²) in [6, 6.07) is 11.2. The van der Waals surface area contributed by atoms with E-state index in [9.17, 15) is 4.79 Å². The zero-order valence-corrected chi connectivity index (χ0v) is 12.4. The number of carbonyl (C=O) groups excluding carboxylic acids is 1. The van der Waals surface area contributed by atoms with Crippen LogP contribution in [0.5, 0.6) is 0 Å². The Morgan fingerprint density at radius 3 is 2.64 bits per heavy atom. The van der Waals surface area contributed by atoms with Gasteiger partial charge >= 0.3 is 0 Å². The summed E-state index contributed by atoms with van der Waals surface area (Å²) in [5, 5.41) is 6.98. The number of aryl methyl sites for hydroxylation is 2. The molecule has 0 aliphatic heterocycles. The predicted octanol–water partition coefficient (Wildman–Crippen LogP) is 3.14. The lowest BCUT2D eigenvalue weighted by Crippen LogP contribution is -2.12. The van der Waals surface area contributed by atoms with E-state index in [0.29, 0.717) is 11.4 Å². The lowest BCUT2D eigenvalue weighted by Gasteiger charge is -2.08. The van der Waals surface area contributed by atoms with Crippen molar-refractivity contribution in [2.24, 2.45) is 0 Å². The van der Waals surface area contributed by atoms with Crippen LogP contribution in [-0.4, -0.2) is 20.7 Å². The van der Waals surface area contributed by atoms with E-state index >= 15 is 0 Å². The minimum absolute atomic E-state index is 0.178. The van der Waals surface area contributed by atoms with Gasteiger partial charge in [-0.2, -0.15) is 5.10 Å². The number of hydrogen-bond acceptors (Lipinski definition) is 3. The average Bonchev–Trinajstić information content (AvgIpc) is 3.05. The highest BCUT2D eigenvalue weighted by atomic mass is 16.1. The molecule has 0 saturated heterocycles. The maximum atomic E-state index is 12.2. The van der Waals surface area contributed by atoms with Gasteiger partial charge in [0.15, 0.2) is 5.82 Å². The van der Waals surface area contributed by atoms with Crippen LogP contribution < -0.4 is 5.32 Å². The van der Waals surface area contributed by atoms with Crippen LogP contribution >= 0.6 is 0 Å². The number of pyridine rings is 1. The molecule has 0 atom stereocenters. The molecule has 110 valence electrons. The molecule has 0 radical (unpaired) electrons. The third-order valence-corrected chi connectivity index (χ3v) is 3.51. The SMILES string of the molecule is Cc1ccc(NC(=O)c2ccc(-n3cccn3)nc2)cc1C. The summed E-state index contributed by atoms with van der Waals surface area (Å²) >= 11 is 0. The van der Waals surface area contributed by atoms with Gasteiger partial charge in [-0.1, -0.05) is 6.07 Å². The smallest absolute Gasteiger partial charge is 0.257 e. The first kappa shape index (κ1) is 14.0. The second-order valence-corrected chi connectivity index (χ2v) is 5.11. The van der Waals surface area contributed by atoms with Crippen LogP contribution in [0.25, 0.3) is 5.82 Å². The molecule has 3 rings (SSSR count). The van der Waals surface area contributed by atoms with Crippen molar-refractivity contribution in [1.82, 2.24) is 14.8 Å². The maximum absolute atomic E-state index is 12.2. The van der Waals surface area contributed by atoms with Crippen LogP contribution in [0.1, 0.15) is 21.5 Å². The van der Waals surface area contributed by atoms with E-state index in [0.717, 1.165) is 11.3 Å². The molecule has 2 heterocycles. The highest BCUT2D eigenvalue weighted by Crippen LogP contribution is 2.15. The number of nitrogens with one attached hydrogen (secondary N) is 1. The molecule has 1 amide bonds.